The first kappa shape index (κ1) is 8.02. The van der Waals surface area contributed by atoms with Gasteiger partial charge in [0.1, 0.15) is 0 Å². The van der Waals surface area contributed by atoms with Gasteiger partial charge in [-0.25, -0.2) is 0 Å². The first-order valence-corrected chi connectivity index (χ1v) is 4.09. The summed E-state index contributed by atoms with van der Waals surface area (Å²) in [6.07, 6.45) is 2.25. The quantitative estimate of drug-likeness (QED) is 0.568. The number of aliphatic hydroxyl groups excluding tert-OH is 1. The van der Waals surface area contributed by atoms with Gasteiger partial charge in [-0.15, -0.1) is 0 Å². The fourth-order valence-electron chi connectivity index (χ4n) is 1.87. The smallest absolute Gasteiger partial charge is 0.0460 e. The van der Waals surface area contributed by atoms with Gasteiger partial charge in [0, 0.05) is 18.7 Å². The minimum atomic E-state index is 0.358. The van der Waals surface area contributed by atoms with Crippen molar-refractivity contribution < 1.29 is 5.11 Å². The van der Waals surface area contributed by atoms with Gasteiger partial charge < -0.3 is 10.4 Å². The summed E-state index contributed by atoms with van der Waals surface area (Å²) in [7, 11) is 0. The van der Waals surface area contributed by atoms with Crippen LogP contribution < -0.4 is 5.32 Å². The van der Waals surface area contributed by atoms with E-state index in [9.17, 15) is 0 Å². The van der Waals surface area contributed by atoms with Crippen molar-refractivity contribution in [2.75, 3.05) is 6.61 Å². The lowest BCUT2D eigenvalue weighted by Crippen LogP contribution is -2.43. The van der Waals surface area contributed by atoms with Crippen LogP contribution in [0.5, 0.6) is 0 Å². The van der Waals surface area contributed by atoms with Crippen LogP contribution in [0.3, 0.4) is 0 Å². The molecule has 0 aliphatic carbocycles. The maximum atomic E-state index is 8.90. The molecule has 0 saturated carbocycles. The van der Waals surface area contributed by atoms with Crippen molar-refractivity contribution in [2.24, 2.45) is 5.92 Å². The summed E-state index contributed by atoms with van der Waals surface area (Å²) in [6.45, 7) is 4.72. The highest BCUT2D eigenvalue weighted by Gasteiger charge is 2.21. The van der Waals surface area contributed by atoms with Gasteiger partial charge in [-0.05, 0) is 32.6 Å². The third kappa shape index (κ3) is 1.96. The Kier molecular flexibility index (Phi) is 2.69. The van der Waals surface area contributed by atoms with Crippen LogP contribution in [-0.2, 0) is 0 Å². The van der Waals surface area contributed by atoms with E-state index in [1.165, 1.54) is 0 Å². The topological polar surface area (TPSA) is 32.3 Å². The highest BCUT2D eigenvalue weighted by molar-refractivity contribution is 4.79. The molecule has 0 spiro atoms. The number of aliphatic hydroxyl groups is 1. The zero-order chi connectivity index (χ0) is 7.56. The molecule has 1 heterocycles. The minimum absolute atomic E-state index is 0.358. The summed E-state index contributed by atoms with van der Waals surface area (Å²) in [5.74, 6) is 0.534. The van der Waals surface area contributed by atoms with Crippen molar-refractivity contribution in [3.8, 4) is 0 Å². The van der Waals surface area contributed by atoms with Crippen LogP contribution in [-0.4, -0.2) is 23.8 Å². The highest BCUT2D eigenvalue weighted by Crippen LogP contribution is 2.18. The minimum Gasteiger partial charge on any atom is -0.396 e. The van der Waals surface area contributed by atoms with Gasteiger partial charge in [-0.1, -0.05) is 0 Å². The molecule has 10 heavy (non-hydrogen) atoms. The monoisotopic (exact) mass is 143 g/mol. The van der Waals surface area contributed by atoms with Crippen LogP contribution in [0.1, 0.15) is 26.7 Å². The lowest BCUT2D eigenvalue weighted by atomic mass is 9.90. The first-order valence-electron chi connectivity index (χ1n) is 4.09. The number of hydrogen-bond donors (Lipinski definition) is 2. The Bertz CT molecular complexity index is 95.4. The van der Waals surface area contributed by atoms with Crippen molar-refractivity contribution in [3.63, 3.8) is 0 Å². The van der Waals surface area contributed by atoms with E-state index in [0.29, 0.717) is 24.6 Å². The third-order valence-corrected chi connectivity index (χ3v) is 2.20. The molecule has 1 aliphatic rings. The Morgan fingerprint density at radius 2 is 1.80 bits per heavy atom. The van der Waals surface area contributed by atoms with E-state index in [4.69, 9.17) is 5.11 Å². The molecule has 0 radical (unpaired) electrons. The van der Waals surface area contributed by atoms with E-state index in [2.05, 4.69) is 19.2 Å². The van der Waals surface area contributed by atoms with Crippen molar-refractivity contribution in [1.29, 1.82) is 0 Å². The average molecular weight is 143 g/mol. The summed E-state index contributed by atoms with van der Waals surface area (Å²) in [5.41, 5.74) is 0. The number of hydrogen-bond acceptors (Lipinski definition) is 2. The van der Waals surface area contributed by atoms with Gasteiger partial charge in [-0.2, -0.15) is 0 Å². The maximum Gasteiger partial charge on any atom is 0.0460 e. The second-order valence-electron chi connectivity index (χ2n) is 3.49. The van der Waals surface area contributed by atoms with E-state index >= 15 is 0 Å². The van der Waals surface area contributed by atoms with Crippen LogP contribution >= 0.6 is 0 Å². The first-order chi connectivity index (χ1) is 4.72. The SMILES string of the molecule is C[C@@H]1CC(CO)C[C@H](C)N1. The molecule has 0 bridgehead atoms. The van der Waals surface area contributed by atoms with Gasteiger partial charge in [-0.3, -0.25) is 0 Å². The summed E-state index contributed by atoms with van der Waals surface area (Å²) in [6, 6.07) is 1.17. The highest BCUT2D eigenvalue weighted by atomic mass is 16.3. The van der Waals surface area contributed by atoms with Crippen molar-refractivity contribution in [2.45, 2.75) is 38.8 Å². The van der Waals surface area contributed by atoms with Crippen molar-refractivity contribution in [3.05, 3.63) is 0 Å². The number of nitrogens with one attached hydrogen (secondary N) is 1. The summed E-state index contributed by atoms with van der Waals surface area (Å²) >= 11 is 0. The molecule has 1 unspecified atom stereocenters. The van der Waals surface area contributed by atoms with Gasteiger partial charge in [0.25, 0.3) is 0 Å². The normalized spacial score (nSPS) is 41.7. The lowest BCUT2D eigenvalue weighted by Gasteiger charge is -2.31. The fraction of sp³-hybridized carbons (Fsp3) is 1.00. The summed E-state index contributed by atoms with van der Waals surface area (Å²) < 4.78 is 0. The van der Waals surface area contributed by atoms with Gasteiger partial charge in [0.15, 0.2) is 0 Å². The summed E-state index contributed by atoms with van der Waals surface area (Å²) in [4.78, 5) is 0. The van der Waals surface area contributed by atoms with Crippen LogP contribution in [0.4, 0.5) is 0 Å². The van der Waals surface area contributed by atoms with Crippen LogP contribution in [0.15, 0.2) is 0 Å². The Labute approximate surface area is 62.6 Å². The van der Waals surface area contributed by atoms with Crippen molar-refractivity contribution in [1.82, 2.24) is 5.32 Å². The second kappa shape index (κ2) is 3.35. The van der Waals surface area contributed by atoms with Gasteiger partial charge >= 0.3 is 0 Å². The molecule has 1 rings (SSSR count). The van der Waals surface area contributed by atoms with Gasteiger partial charge in [0.05, 0.1) is 0 Å². The molecule has 1 fully saturated rings. The van der Waals surface area contributed by atoms with Crippen LogP contribution in [0.2, 0.25) is 0 Å². The third-order valence-electron chi connectivity index (χ3n) is 2.20. The van der Waals surface area contributed by atoms with E-state index < -0.39 is 0 Å². The van der Waals surface area contributed by atoms with Crippen molar-refractivity contribution >= 4 is 0 Å². The number of rotatable bonds is 1. The molecule has 2 heteroatoms. The van der Waals surface area contributed by atoms with E-state index in [1.807, 2.05) is 0 Å². The molecule has 3 atom stereocenters. The van der Waals surface area contributed by atoms with Crippen LogP contribution in [0.25, 0.3) is 0 Å². The Hall–Kier alpha value is -0.0800. The molecule has 0 amide bonds. The second-order valence-corrected chi connectivity index (χ2v) is 3.49. The molecule has 0 aromatic rings. The Morgan fingerprint density at radius 1 is 1.30 bits per heavy atom. The Balaban J connectivity index is 2.35. The molecular formula is C8H17NO. The molecule has 2 nitrogen and oxygen atoms in total. The van der Waals surface area contributed by atoms with Crippen LogP contribution in [0, 0.1) is 5.92 Å². The zero-order valence-electron chi connectivity index (χ0n) is 6.80. The van der Waals surface area contributed by atoms with E-state index in [1.54, 1.807) is 0 Å². The molecule has 1 aliphatic heterocycles. The predicted octanol–water partition coefficient (Wildman–Crippen LogP) is 0.755. The largest absolute Gasteiger partial charge is 0.396 e. The molecule has 2 N–H and O–H groups in total. The zero-order valence-corrected chi connectivity index (χ0v) is 6.80. The van der Waals surface area contributed by atoms with E-state index in [-0.39, 0.29) is 0 Å². The average Bonchev–Trinajstić information content (AvgIpc) is 1.85. The van der Waals surface area contributed by atoms with Gasteiger partial charge in [0.2, 0.25) is 0 Å². The molecular weight excluding hydrogens is 126 g/mol. The number of piperidine rings is 1. The fourth-order valence-corrected chi connectivity index (χ4v) is 1.87. The molecule has 1 saturated heterocycles. The lowest BCUT2D eigenvalue weighted by molar-refractivity contribution is 0.160. The van der Waals surface area contributed by atoms with E-state index in [0.717, 1.165) is 12.8 Å². The maximum absolute atomic E-state index is 8.90. The molecule has 0 aromatic carbocycles. The predicted molar refractivity (Wildman–Crippen MR) is 41.9 cm³/mol. The summed E-state index contributed by atoms with van der Waals surface area (Å²) in [5, 5.41) is 12.3. The Morgan fingerprint density at radius 3 is 2.20 bits per heavy atom. The standard InChI is InChI=1S/C8H17NO/c1-6-3-8(5-10)4-7(2)9-6/h6-10H,3-5H2,1-2H3/t6-,7+,8?. The molecule has 60 valence electrons. The molecule has 0 aromatic heterocycles.